The van der Waals surface area contributed by atoms with Gasteiger partial charge in [-0.3, -0.25) is 19.5 Å². The predicted octanol–water partition coefficient (Wildman–Crippen LogP) is 4.68. The highest BCUT2D eigenvalue weighted by Crippen LogP contribution is 2.32. The van der Waals surface area contributed by atoms with Crippen molar-refractivity contribution in [3.05, 3.63) is 131 Å². The number of nitro groups is 1. The third-order valence-electron chi connectivity index (χ3n) is 6.85. The number of carbonyl (C=O) groups is 1. The van der Waals surface area contributed by atoms with Crippen LogP contribution in [0, 0.1) is 10.1 Å². The fourth-order valence-electron chi connectivity index (χ4n) is 4.89. The summed E-state index contributed by atoms with van der Waals surface area (Å²) in [6.45, 7) is 4.26. The average molecular weight is 600 g/mol. The predicted molar refractivity (Wildman–Crippen MR) is 162 cm³/mol. The second-order valence-electron chi connectivity index (χ2n) is 9.55. The van der Waals surface area contributed by atoms with Gasteiger partial charge in [0.05, 0.1) is 40.5 Å². The number of benzene rings is 3. The summed E-state index contributed by atoms with van der Waals surface area (Å²) in [4.78, 5) is 42.7. The van der Waals surface area contributed by atoms with E-state index >= 15 is 0 Å². The van der Waals surface area contributed by atoms with Crippen LogP contribution < -0.4 is 24.4 Å². The number of non-ortho nitro benzene ring substituents is 1. The van der Waals surface area contributed by atoms with E-state index in [1.54, 1.807) is 41.0 Å². The highest BCUT2D eigenvalue weighted by molar-refractivity contribution is 7.07. The molecule has 0 spiro atoms. The van der Waals surface area contributed by atoms with Crippen LogP contribution in [0.15, 0.2) is 93.9 Å². The van der Waals surface area contributed by atoms with Crippen molar-refractivity contribution in [1.82, 2.24) is 4.57 Å². The molecule has 5 rings (SSSR count). The Bertz CT molecular complexity index is 1890. The maximum absolute atomic E-state index is 13.9. The van der Waals surface area contributed by atoms with Crippen molar-refractivity contribution >= 4 is 29.1 Å². The van der Waals surface area contributed by atoms with Gasteiger partial charge in [0.15, 0.2) is 16.3 Å². The first-order chi connectivity index (χ1) is 20.8. The van der Waals surface area contributed by atoms with E-state index in [1.807, 2.05) is 44.2 Å². The van der Waals surface area contributed by atoms with Crippen LogP contribution in [0.2, 0.25) is 0 Å². The van der Waals surface area contributed by atoms with Crippen LogP contribution in [-0.2, 0) is 16.1 Å². The number of nitro benzene ring substituents is 1. The zero-order valence-corrected chi connectivity index (χ0v) is 24.6. The van der Waals surface area contributed by atoms with E-state index in [0.29, 0.717) is 56.3 Å². The molecule has 0 amide bonds. The minimum atomic E-state index is -0.675. The number of esters is 1. The maximum Gasteiger partial charge on any atom is 0.338 e. The van der Waals surface area contributed by atoms with E-state index in [9.17, 15) is 19.7 Å². The zero-order chi connectivity index (χ0) is 30.5. The Kier molecular flexibility index (Phi) is 8.82. The molecule has 1 aliphatic heterocycles. The molecule has 0 saturated heterocycles. The number of hydrogen-bond donors (Lipinski definition) is 0. The molecule has 0 saturated carbocycles. The minimum Gasteiger partial charge on any atom is -0.490 e. The van der Waals surface area contributed by atoms with Gasteiger partial charge >= 0.3 is 5.97 Å². The van der Waals surface area contributed by atoms with Gasteiger partial charge in [-0.1, -0.05) is 66.8 Å². The topological polar surface area (TPSA) is 122 Å². The Balaban J connectivity index is 1.54. The molecule has 0 unspecified atom stereocenters. The average Bonchev–Trinajstić information content (AvgIpc) is 3.33. The lowest BCUT2D eigenvalue weighted by Crippen LogP contribution is -2.40. The van der Waals surface area contributed by atoms with E-state index < -0.39 is 16.9 Å². The fourth-order valence-corrected chi connectivity index (χ4v) is 5.91. The minimum absolute atomic E-state index is 0.0118. The van der Waals surface area contributed by atoms with Gasteiger partial charge in [0, 0.05) is 12.1 Å². The summed E-state index contributed by atoms with van der Waals surface area (Å²) in [6.07, 6.45) is 2.25. The second kappa shape index (κ2) is 12.9. The molecule has 220 valence electrons. The quantitative estimate of drug-likeness (QED) is 0.147. The maximum atomic E-state index is 13.9. The van der Waals surface area contributed by atoms with Gasteiger partial charge in [0.1, 0.15) is 6.61 Å². The molecule has 2 heterocycles. The van der Waals surface area contributed by atoms with Crippen molar-refractivity contribution in [1.29, 1.82) is 0 Å². The number of allylic oxidation sites excluding steroid dienone is 1. The molecular formula is C32H29N3O7S. The van der Waals surface area contributed by atoms with E-state index in [4.69, 9.17) is 19.2 Å². The van der Waals surface area contributed by atoms with E-state index in [1.165, 1.54) is 30.6 Å². The van der Waals surface area contributed by atoms with Gasteiger partial charge in [0.25, 0.3) is 11.2 Å². The lowest BCUT2D eigenvalue weighted by atomic mass is 9.95. The molecule has 0 fully saturated rings. The van der Waals surface area contributed by atoms with Gasteiger partial charge in [0.2, 0.25) is 0 Å². The summed E-state index contributed by atoms with van der Waals surface area (Å²) in [5.41, 5.74) is 2.76. The van der Waals surface area contributed by atoms with E-state index in [2.05, 4.69) is 0 Å². The first-order valence-corrected chi connectivity index (χ1v) is 14.5. The van der Waals surface area contributed by atoms with Crippen LogP contribution in [0.5, 0.6) is 11.5 Å². The number of ether oxygens (including phenoxy) is 3. The molecule has 0 aliphatic carbocycles. The smallest absolute Gasteiger partial charge is 0.338 e. The van der Waals surface area contributed by atoms with Crippen LogP contribution >= 0.6 is 11.3 Å². The zero-order valence-electron chi connectivity index (χ0n) is 23.8. The Labute approximate surface area is 251 Å². The van der Waals surface area contributed by atoms with Crippen molar-refractivity contribution in [3.63, 3.8) is 0 Å². The molecule has 0 bridgehead atoms. The molecule has 0 N–H and O–H groups in total. The molecule has 3 aromatic carbocycles. The largest absolute Gasteiger partial charge is 0.490 e. The summed E-state index contributed by atoms with van der Waals surface area (Å²) in [6, 6.07) is 20.3. The summed E-state index contributed by atoms with van der Waals surface area (Å²) in [5, 5.41) is 11.1. The Morgan fingerprint density at radius 2 is 1.84 bits per heavy atom. The summed E-state index contributed by atoms with van der Waals surface area (Å²) in [7, 11) is 1.32. The molecule has 1 atom stereocenters. The standard InChI is InChI=1S/C32H29N3O7S/c1-4-24-28(31(37)40-3)29(22-11-7-6-8-12-22)34-30(36)27(43-32(34)33-24)18-20-14-15-25(26(17-20)41-5-2)42-19-21-10-9-13-23(16-21)35(38)39/h6-18,29H,4-5,19H2,1-3H3/b27-18-/t29-/m1/s1. The van der Waals surface area contributed by atoms with Crippen LogP contribution in [0.1, 0.15) is 43.0 Å². The number of fused-ring (bicyclic) bond motifs is 1. The lowest BCUT2D eigenvalue weighted by molar-refractivity contribution is -0.384. The van der Waals surface area contributed by atoms with Crippen LogP contribution in [0.25, 0.3) is 6.08 Å². The molecule has 10 nitrogen and oxygen atoms in total. The Morgan fingerprint density at radius 3 is 2.53 bits per heavy atom. The van der Waals surface area contributed by atoms with Crippen molar-refractivity contribution in [2.75, 3.05) is 13.7 Å². The first kappa shape index (κ1) is 29.5. The van der Waals surface area contributed by atoms with Gasteiger partial charge in [-0.2, -0.15) is 0 Å². The number of rotatable bonds is 10. The van der Waals surface area contributed by atoms with Crippen molar-refractivity contribution in [3.8, 4) is 11.5 Å². The third-order valence-corrected chi connectivity index (χ3v) is 7.83. The number of carbonyl (C=O) groups excluding carboxylic acids is 1. The number of methoxy groups -OCH3 is 1. The van der Waals surface area contributed by atoms with Crippen molar-refractivity contribution < 1.29 is 23.9 Å². The van der Waals surface area contributed by atoms with Crippen molar-refractivity contribution in [2.24, 2.45) is 4.99 Å². The Morgan fingerprint density at radius 1 is 1.05 bits per heavy atom. The summed E-state index contributed by atoms with van der Waals surface area (Å²) in [5.74, 6) is 0.412. The number of thiazole rings is 1. The molecule has 11 heteroatoms. The van der Waals surface area contributed by atoms with Crippen LogP contribution in [-0.4, -0.2) is 29.2 Å². The van der Waals surface area contributed by atoms with Gasteiger partial charge in [-0.15, -0.1) is 0 Å². The monoisotopic (exact) mass is 599 g/mol. The Hall–Kier alpha value is -5.03. The van der Waals surface area contributed by atoms with Gasteiger partial charge in [-0.25, -0.2) is 9.79 Å². The second-order valence-corrected chi connectivity index (χ2v) is 10.6. The third kappa shape index (κ3) is 6.12. The number of nitrogens with zero attached hydrogens (tertiary/aromatic N) is 3. The fraction of sp³-hybridized carbons (Fsp3) is 0.219. The normalized spacial score (nSPS) is 14.6. The number of hydrogen-bond acceptors (Lipinski definition) is 9. The van der Waals surface area contributed by atoms with Crippen molar-refractivity contribution in [2.45, 2.75) is 32.9 Å². The SMILES string of the molecule is CCOc1cc(/C=c2\sc3n(c2=O)[C@H](c2ccccc2)C(C(=O)OC)=C(CC)N=3)ccc1OCc1cccc([N+](=O)[O-])c1. The lowest BCUT2D eigenvalue weighted by Gasteiger charge is -2.25. The van der Waals surface area contributed by atoms with Gasteiger partial charge < -0.3 is 14.2 Å². The molecule has 4 aromatic rings. The first-order valence-electron chi connectivity index (χ1n) is 13.7. The summed E-state index contributed by atoms with van der Waals surface area (Å²) >= 11 is 1.25. The number of aromatic nitrogens is 1. The van der Waals surface area contributed by atoms with Crippen LogP contribution in [0.4, 0.5) is 5.69 Å². The molecule has 43 heavy (non-hydrogen) atoms. The van der Waals surface area contributed by atoms with Gasteiger partial charge in [-0.05, 0) is 48.2 Å². The highest BCUT2D eigenvalue weighted by Gasteiger charge is 2.33. The van der Waals surface area contributed by atoms with Crippen LogP contribution in [0.3, 0.4) is 0 Å². The highest BCUT2D eigenvalue weighted by atomic mass is 32.1. The molecule has 1 aromatic heterocycles. The molecular weight excluding hydrogens is 570 g/mol. The molecule has 1 aliphatic rings. The molecule has 0 radical (unpaired) electrons. The van der Waals surface area contributed by atoms with E-state index in [-0.39, 0.29) is 17.9 Å². The van der Waals surface area contributed by atoms with E-state index in [0.717, 1.165) is 5.56 Å². The summed E-state index contributed by atoms with van der Waals surface area (Å²) < 4.78 is 18.9.